The van der Waals surface area contributed by atoms with Gasteiger partial charge in [-0.25, -0.2) is 0 Å². The van der Waals surface area contributed by atoms with Crippen LogP contribution in [0.3, 0.4) is 0 Å². The topological polar surface area (TPSA) is 30.9 Å². The Morgan fingerprint density at radius 3 is 2.57 bits per heavy atom. The van der Waals surface area contributed by atoms with Crippen LogP contribution in [0, 0.1) is 3.57 Å². The monoisotopic (exact) mass is 208 g/mol. The van der Waals surface area contributed by atoms with Crippen molar-refractivity contribution in [3.8, 4) is 0 Å². The highest BCUT2D eigenvalue weighted by Gasteiger charge is 1.82. The third-order valence-electron chi connectivity index (χ3n) is 0.678. The van der Waals surface area contributed by atoms with Crippen LogP contribution in [0.25, 0.3) is 0 Å². The van der Waals surface area contributed by atoms with E-state index in [9.17, 15) is 0 Å². The quantitative estimate of drug-likeness (QED) is 0.496. The summed E-state index contributed by atoms with van der Waals surface area (Å²) in [4.78, 5) is 0. The molecule has 0 unspecified atom stereocenters. The molecule has 38 valence electrons. The minimum absolute atomic E-state index is 1.17. The van der Waals surface area contributed by atoms with Gasteiger partial charge in [0.25, 0.3) is 0 Å². The fourth-order valence-corrected chi connectivity index (χ4v) is 0.868. The van der Waals surface area contributed by atoms with Crippen LogP contribution in [0.4, 0.5) is 0 Å². The molecule has 0 saturated carbocycles. The lowest BCUT2D eigenvalue weighted by atomic mass is 10.7. The Kier molecular flexibility index (Phi) is 1.23. The molecule has 0 aliphatic heterocycles. The minimum Gasteiger partial charge on any atom is -0.340 e. The summed E-state index contributed by atoms with van der Waals surface area (Å²) in [6.07, 6.45) is 3.66. The average molecular weight is 208 g/mol. The van der Waals surface area contributed by atoms with Crippen molar-refractivity contribution in [2.24, 2.45) is 0 Å². The highest BCUT2D eigenvalue weighted by molar-refractivity contribution is 14.1. The van der Waals surface area contributed by atoms with Crippen molar-refractivity contribution in [1.29, 1.82) is 0 Å². The molecule has 0 amide bonds. The summed E-state index contributed by atoms with van der Waals surface area (Å²) in [7, 11) is 0. The van der Waals surface area contributed by atoms with Crippen LogP contribution in [0.15, 0.2) is 18.5 Å². The number of nitrogens with two attached hydrogens (primary N) is 1. The van der Waals surface area contributed by atoms with Crippen LogP contribution >= 0.6 is 22.6 Å². The molecule has 0 atom stereocenters. The molecule has 1 heterocycles. The smallest absolute Gasteiger partial charge is 0.0389 e. The molecule has 3 heteroatoms. The SMILES string of the molecule is Nn1ccc(I)c1. The first-order valence-electron chi connectivity index (χ1n) is 1.87. The second-order valence-electron chi connectivity index (χ2n) is 1.28. The maximum atomic E-state index is 5.29. The summed E-state index contributed by atoms with van der Waals surface area (Å²) < 4.78 is 2.70. The molecule has 0 bridgehead atoms. The first-order valence-corrected chi connectivity index (χ1v) is 2.95. The minimum atomic E-state index is 1.17. The first kappa shape index (κ1) is 4.96. The number of nitrogens with zero attached hydrogens (tertiary/aromatic N) is 1. The van der Waals surface area contributed by atoms with Gasteiger partial charge in [0.1, 0.15) is 0 Å². The normalized spacial score (nSPS) is 9.29. The van der Waals surface area contributed by atoms with E-state index in [0.717, 1.165) is 0 Å². The number of halogens is 1. The number of hydrogen-bond acceptors (Lipinski definition) is 1. The molecular weight excluding hydrogens is 203 g/mol. The van der Waals surface area contributed by atoms with Gasteiger partial charge in [-0.1, -0.05) is 0 Å². The van der Waals surface area contributed by atoms with Crippen LogP contribution < -0.4 is 5.84 Å². The van der Waals surface area contributed by atoms with E-state index >= 15 is 0 Å². The van der Waals surface area contributed by atoms with Crippen LogP contribution in [0.1, 0.15) is 0 Å². The lowest BCUT2D eigenvalue weighted by molar-refractivity contribution is 1.02. The molecule has 0 aromatic carbocycles. The van der Waals surface area contributed by atoms with Gasteiger partial charge < -0.3 is 5.84 Å². The Labute approximate surface area is 55.4 Å². The fraction of sp³-hybridized carbons (Fsp3) is 0. The zero-order valence-corrected chi connectivity index (χ0v) is 5.79. The first-order chi connectivity index (χ1) is 3.29. The van der Waals surface area contributed by atoms with E-state index in [-0.39, 0.29) is 0 Å². The van der Waals surface area contributed by atoms with Crippen LogP contribution in [0.2, 0.25) is 0 Å². The molecule has 0 aliphatic rings. The van der Waals surface area contributed by atoms with Crippen LogP contribution in [-0.2, 0) is 0 Å². The maximum absolute atomic E-state index is 5.29. The number of hydrogen-bond donors (Lipinski definition) is 1. The van der Waals surface area contributed by atoms with E-state index in [2.05, 4.69) is 22.6 Å². The molecule has 1 aromatic rings. The summed E-state index contributed by atoms with van der Waals surface area (Å²) in [6, 6.07) is 1.94. The number of rotatable bonds is 0. The summed E-state index contributed by atoms with van der Waals surface area (Å²) in [5.41, 5.74) is 0. The van der Waals surface area contributed by atoms with E-state index < -0.39 is 0 Å². The van der Waals surface area contributed by atoms with Gasteiger partial charge in [0.2, 0.25) is 0 Å². The van der Waals surface area contributed by atoms with Gasteiger partial charge in [-0.05, 0) is 28.7 Å². The van der Waals surface area contributed by atoms with Gasteiger partial charge >= 0.3 is 0 Å². The molecule has 0 aliphatic carbocycles. The van der Waals surface area contributed by atoms with Gasteiger partial charge in [0.15, 0.2) is 0 Å². The second-order valence-corrected chi connectivity index (χ2v) is 2.52. The third kappa shape index (κ3) is 1.09. The summed E-state index contributed by atoms with van der Waals surface area (Å²) in [5.74, 6) is 5.29. The molecule has 1 aromatic heterocycles. The molecule has 0 spiro atoms. The van der Waals surface area contributed by atoms with Crippen molar-refractivity contribution in [1.82, 2.24) is 4.68 Å². The number of aromatic nitrogens is 1. The zero-order valence-electron chi connectivity index (χ0n) is 3.63. The highest BCUT2D eigenvalue weighted by Crippen LogP contribution is 2.00. The van der Waals surface area contributed by atoms with E-state index in [1.165, 1.54) is 8.25 Å². The molecule has 7 heavy (non-hydrogen) atoms. The van der Waals surface area contributed by atoms with E-state index in [4.69, 9.17) is 5.84 Å². The van der Waals surface area contributed by atoms with E-state index in [0.29, 0.717) is 0 Å². The van der Waals surface area contributed by atoms with Gasteiger partial charge in [-0.3, -0.25) is 4.68 Å². The Bertz CT molecular complexity index is 142. The van der Waals surface area contributed by atoms with Crippen molar-refractivity contribution < 1.29 is 0 Å². The maximum Gasteiger partial charge on any atom is 0.0389 e. The molecule has 2 N–H and O–H groups in total. The number of nitrogen functional groups attached to an aromatic ring is 1. The lowest BCUT2D eigenvalue weighted by Crippen LogP contribution is -2.02. The molecule has 0 radical (unpaired) electrons. The second kappa shape index (κ2) is 1.73. The van der Waals surface area contributed by atoms with Crippen molar-refractivity contribution in [3.05, 3.63) is 22.0 Å². The van der Waals surface area contributed by atoms with Crippen LogP contribution in [0.5, 0.6) is 0 Å². The van der Waals surface area contributed by atoms with Crippen LogP contribution in [-0.4, -0.2) is 4.68 Å². The van der Waals surface area contributed by atoms with Crippen molar-refractivity contribution in [2.75, 3.05) is 5.84 Å². The lowest BCUT2D eigenvalue weighted by Gasteiger charge is -1.82. The molecular formula is C4H5IN2. The summed E-state index contributed by atoms with van der Waals surface area (Å²) in [6.45, 7) is 0. The van der Waals surface area contributed by atoms with E-state index in [1.54, 1.807) is 0 Å². The molecule has 1 rings (SSSR count). The Hall–Kier alpha value is -0.190. The van der Waals surface area contributed by atoms with Gasteiger partial charge in [0.05, 0.1) is 0 Å². The predicted molar refractivity (Wildman–Crippen MR) is 37.3 cm³/mol. The zero-order chi connectivity index (χ0) is 5.28. The van der Waals surface area contributed by atoms with E-state index in [1.807, 2.05) is 18.5 Å². The molecule has 2 nitrogen and oxygen atoms in total. The standard InChI is InChI=1S/C4H5IN2/c5-4-1-2-7(6)3-4/h1-3H,6H2. The largest absolute Gasteiger partial charge is 0.340 e. The molecule has 0 fully saturated rings. The Balaban J connectivity index is 3.04. The van der Waals surface area contributed by atoms with Crippen molar-refractivity contribution in [2.45, 2.75) is 0 Å². The Morgan fingerprint density at radius 1 is 1.71 bits per heavy atom. The van der Waals surface area contributed by atoms with Gasteiger partial charge in [0, 0.05) is 16.0 Å². The summed E-state index contributed by atoms with van der Waals surface area (Å²) >= 11 is 2.20. The van der Waals surface area contributed by atoms with Gasteiger partial charge in [-0.2, -0.15) is 0 Å². The average Bonchev–Trinajstić information content (AvgIpc) is 1.87. The summed E-state index contributed by atoms with van der Waals surface area (Å²) in [5, 5.41) is 0. The Morgan fingerprint density at radius 2 is 2.43 bits per heavy atom. The van der Waals surface area contributed by atoms with Crippen molar-refractivity contribution in [3.63, 3.8) is 0 Å². The highest BCUT2D eigenvalue weighted by atomic mass is 127. The molecule has 0 saturated heterocycles. The fourth-order valence-electron chi connectivity index (χ4n) is 0.386. The van der Waals surface area contributed by atoms with Crippen molar-refractivity contribution >= 4 is 22.6 Å². The van der Waals surface area contributed by atoms with Gasteiger partial charge in [-0.15, -0.1) is 0 Å². The predicted octanol–water partition coefficient (Wildman–Crippen LogP) is 0.806. The third-order valence-corrected chi connectivity index (χ3v) is 1.32.